The molecule has 1 N–H and O–H groups in total. The fourth-order valence-corrected chi connectivity index (χ4v) is 3.18. The van der Waals surface area contributed by atoms with Crippen molar-refractivity contribution in [1.29, 1.82) is 0 Å². The number of carbonyl (C=O) groups excluding carboxylic acids is 1. The number of ether oxygens (including phenoxy) is 1. The Kier molecular flexibility index (Phi) is 4.06. The van der Waals surface area contributed by atoms with Crippen molar-refractivity contribution in [3.63, 3.8) is 0 Å². The monoisotopic (exact) mass is 305 g/mol. The van der Waals surface area contributed by atoms with Crippen molar-refractivity contribution in [3.8, 4) is 0 Å². The summed E-state index contributed by atoms with van der Waals surface area (Å²) in [6.45, 7) is 5.95. The van der Waals surface area contributed by atoms with Crippen molar-refractivity contribution in [1.82, 2.24) is 9.88 Å². The van der Waals surface area contributed by atoms with Gasteiger partial charge in [0, 0.05) is 25.8 Å². The summed E-state index contributed by atoms with van der Waals surface area (Å²) in [6.07, 6.45) is 1.93. The van der Waals surface area contributed by atoms with E-state index in [1.807, 2.05) is 18.2 Å². The summed E-state index contributed by atoms with van der Waals surface area (Å²) in [5.74, 6) is 0.907. The predicted molar refractivity (Wildman–Crippen MR) is 82.6 cm³/mol. The van der Waals surface area contributed by atoms with Crippen LogP contribution in [0.3, 0.4) is 0 Å². The van der Waals surface area contributed by atoms with Crippen LogP contribution in [0.4, 0.5) is 5.82 Å². The molecule has 1 aromatic rings. The first-order valence-electron chi connectivity index (χ1n) is 7.73. The average Bonchev–Trinajstić information content (AvgIpc) is 2.90. The predicted octanol–water partition coefficient (Wildman–Crippen LogP) is 0.659. The smallest absolute Gasteiger partial charge is 0.225 e. The van der Waals surface area contributed by atoms with E-state index in [2.05, 4.69) is 9.88 Å². The van der Waals surface area contributed by atoms with Crippen molar-refractivity contribution in [3.05, 3.63) is 24.4 Å². The van der Waals surface area contributed by atoms with E-state index in [1.54, 1.807) is 24.9 Å². The maximum absolute atomic E-state index is 12.3. The second-order valence-electron chi connectivity index (χ2n) is 6.65. The summed E-state index contributed by atoms with van der Waals surface area (Å²) >= 11 is 0. The van der Waals surface area contributed by atoms with E-state index in [1.165, 1.54) is 0 Å². The van der Waals surface area contributed by atoms with Crippen LogP contribution in [0.2, 0.25) is 0 Å². The highest BCUT2D eigenvalue weighted by atomic mass is 16.5. The van der Waals surface area contributed by atoms with Gasteiger partial charge in [-0.25, -0.2) is 4.98 Å². The molecule has 0 bridgehead atoms. The Morgan fingerprint density at radius 1 is 1.45 bits per heavy atom. The van der Waals surface area contributed by atoms with Crippen molar-refractivity contribution >= 4 is 11.7 Å². The van der Waals surface area contributed by atoms with E-state index in [9.17, 15) is 9.90 Å². The number of hydrogen-bond donors (Lipinski definition) is 1. The molecule has 0 aromatic carbocycles. The second kappa shape index (κ2) is 5.85. The number of hydrogen-bond acceptors (Lipinski definition) is 5. The van der Waals surface area contributed by atoms with Gasteiger partial charge in [-0.15, -0.1) is 0 Å². The molecule has 6 nitrogen and oxygen atoms in total. The third-order valence-corrected chi connectivity index (χ3v) is 4.18. The highest BCUT2D eigenvalue weighted by Gasteiger charge is 2.42. The standard InChI is InChI=1S/C16H23N3O3/c1-16(2,21)9-15(20)18-10-12-13(11-18)22-8-7-19(12)14-5-3-4-6-17-14/h3-6,12-13,21H,7-11H2,1-2H3/t12-,13-/m0/s1. The molecular formula is C16H23N3O3. The van der Waals surface area contributed by atoms with Gasteiger partial charge >= 0.3 is 0 Å². The van der Waals surface area contributed by atoms with E-state index in [4.69, 9.17) is 4.74 Å². The molecule has 1 aromatic heterocycles. The molecule has 2 aliphatic rings. The normalized spacial score (nSPS) is 25.2. The lowest BCUT2D eigenvalue weighted by Gasteiger charge is -2.37. The van der Waals surface area contributed by atoms with Gasteiger partial charge in [-0.05, 0) is 26.0 Å². The first kappa shape index (κ1) is 15.2. The summed E-state index contributed by atoms with van der Waals surface area (Å²) in [5.41, 5.74) is -0.980. The Hall–Kier alpha value is -1.66. The highest BCUT2D eigenvalue weighted by molar-refractivity contribution is 5.77. The Bertz CT molecular complexity index is 529. The number of morpholine rings is 1. The van der Waals surface area contributed by atoms with Gasteiger partial charge in [0.2, 0.25) is 5.91 Å². The van der Waals surface area contributed by atoms with Gasteiger partial charge in [-0.3, -0.25) is 4.79 Å². The molecule has 22 heavy (non-hydrogen) atoms. The molecule has 2 atom stereocenters. The zero-order valence-corrected chi connectivity index (χ0v) is 13.1. The second-order valence-corrected chi connectivity index (χ2v) is 6.65. The first-order valence-corrected chi connectivity index (χ1v) is 7.73. The lowest BCUT2D eigenvalue weighted by molar-refractivity contribution is -0.134. The lowest BCUT2D eigenvalue weighted by Crippen LogP contribution is -2.51. The molecule has 0 spiro atoms. The zero-order valence-electron chi connectivity index (χ0n) is 13.1. The number of carbonyl (C=O) groups is 1. The van der Waals surface area contributed by atoms with Crippen LogP contribution < -0.4 is 4.90 Å². The number of rotatable bonds is 3. The topological polar surface area (TPSA) is 65.9 Å². The van der Waals surface area contributed by atoms with E-state index in [0.29, 0.717) is 19.7 Å². The van der Waals surface area contributed by atoms with Crippen LogP contribution in [0.15, 0.2) is 24.4 Å². The van der Waals surface area contributed by atoms with Gasteiger partial charge in [-0.2, -0.15) is 0 Å². The third kappa shape index (κ3) is 3.23. The van der Waals surface area contributed by atoms with E-state index in [0.717, 1.165) is 12.4 Å². The molecule has 0 radical (unpaired) electrons. The third-order valence-electron chi connectivity index (χ3n) is 4.18. The molecule has 3 rings (SSSR count). The van der Waals surface area contributed by atoms with Gasteiger partial charge in [0.25, 0.3) is 0 Å². The highest BCUT2D eigenvalue weighted by Crippen LogP contribution is 2.27. The van der Waals surface area contributed by atoms with E-state index >= 15 is 0 Å². The summed E-state index contributed by atoms with van der Waals surface area (Å²) in [5, 5.41) is 9.84. The summed E-state index contributed by atoms with van der Waals surface area (Å²) in [7, 11) is 0. The largest absolute Gasteiger partial charge is 0.390 e. The first-order chi connectivity index (χ1) is 10.4. The molecule has 0 saturated carbocycles. The molecule has 6 heteroatoms. The number of amides is 1. The number of nitrogens with zero attached hydrogens (tertiary/aromatic N) is 3. The molecule has 2 saturated heterocycles. The quantitative estimate of drug-likeness (QED) is 0.888. The Labute approximate surface area is 130 Å². The number of fused-ring (bicyclic) bond motifs is 1. The Morgan fingerprint density at radius 3 is 2.95 bits per heavy atom. The van der Waals surface area contributed by atoms with Gasteiger partial charge in [0.05, 0.1) is 30.8 Å². The van der Waals surface area contributed by atoms with E-state index < -0.39 is 5.60 Å². The number of anilines is 1. The number of aromatic nitrogens is 1. The number of likely N-dealkylation sites (tertiary alicyclic amines) is 1. The van der Waals surface area contributed by atoms with Gasteiger partial charge in [-0.1, -0.05) is 6.07 Å². The summed E-state index contributed by atoms with van der Waals surface area (Å²) in [6, 6.07) is 5.99. The van der Waals surface area contributed by atoms with Crippen LogP contribution in [-0.2, 0) is 9.53 Å². The van der Waals surface area contributed by atoms with Crippen molar-refractivity contribution in [2.75, 3.05) is 31.1 Å². The van der Waals surface area contributed by atoms with Crippen LogP contribution in [0, 0.1) is 0 Å². The molecular weight excluding hydrogens is 282 g/mol. The Balaban J connectivity index is 1.72. The molecule has 1 amide bonds. The molecule has 120 valence electrons. The summed E-state index contributed by atoms with van der Waals surface area (Å²) in [4.78, 5) is 20.8. The number of pyridine rings is 1. The van der Waals surface area contributed by atoms with Crippen LogP contribution >= 0.6 is 0 Å². The minimum Gasteiger partial charge on any atom is -0.390 e. The lowest BCUT2D eigenvalue weighted by atomic mass is 10.1. The van der Waals surface area contributed by atoms with E-state index in [-0.39, 0.29) is 24.5 Å². The van der Waals surface area contributed by atoms with Crippen molar-refractivity contribution < 1.29 is 14.6 Å². The van der Waals surface area contributed by atoms with Gasteiger partial charge in [0.1, 0.15) is 5.82 Å². The minimum absolute atomic E-state index is 0.0153. The minimum atomic E-state index is -0.980. The SMILES string of the molecule is CC(C)(O)CC(=O)N1C[C@@H]2OCCN(c3ccccn3)[C@H]2C1. The van der Waals surface area contributed by atoms with Crippen LogP contribution in [0.25, 0.3) is 0 Å². The fraction of sp³-hybridized carbons (Fsp3) is 0.625. The van der Waals surface area contributed by atoms with Gasteiger partial charge in [0.15, 0.2) is 0 Å². The molecule has 2 aliphatic heterocycles. The zero-order chi connectivity index (χ0) is 15.7. The van der Waals surface area contributed by atoms with Crippen LogP contribution in [0.1, 0.15) is 20.3 Å². The molecule has 0 aliphatic carbocycles. The van der Waals surface area contributed by atoms with Crippen LogP contribution in [0.5, 0.6) is 0 Å². The molecule has 2 fully saturated rings. The average molecular weight is 305 g/mol. The Morgan fingerprint density at radius 2 is 2.27 bits per heavy atom. The number of aliphatic hydroxyl groups is 1. The van der Waals surface area contributed by atoms with Gasteiger partial charge < -0.3 is 19.6 Å². The maximum atomic E-state index is 12.3. The molecule has 3 heterocycles. The van der Waals surface area contributed by atoms with Crippen molar-refractivity contribution in [2.24, 2.45) is 0 Å². The fourth-order valence-electron chi connectivity index (χ4n) is 3.18. The maximum Gasteiger partial charge on any atom is 0.225 e. The molecule has 0 unspecified atom stereocenters. The summed E-state index contributed by atoms with van der Waals surface area (Å²) < 4.78 is 5.84. The van der Waals surface area contributed by atoms with Crippen LogP contribution in [-0.4, -0.2) is 64.9 Å². The van der Waals surface area contributed by atoms with Crippen molar-refractivity contribution in [2.45, 2.75) is 38.0 Å².